The van der Waals surface area contributed by atoms with E-state index in [0.717, 1.165) is 16.4 Å². The van der Waals surface area contributed by atoms with Gasteiger partial charge in [-0.15, -0.1) is 11.8 Å². The minimum absolute atomic E-state index is 0.0672. The fourth-order valence-electron chi connectivity index (χ4n) is 3.59. The third-order valence-electron chi connectivity index (χ3n) is 6.00. The Morgan fingerprint density at radius 3 is 2.74 bits per heavy atom. The molecule has 3 heterocycles. The number of nitriles is 1. The minimum Gasteiger partial charge on any atom is -0.477 e. The second-order valence-corrected chi connectivity index (χ2v) is 10.7. The molecule has 0 spiro atoms. The number of β-lactam (4-membered cyclic amide) rings is 1. The first-order chi connectivity index (χ1) is 17.9. The topological polar surface area (TPSA) is 227 Å². The van der Waals surface area contributed by atoms with E-state index in [4.69, 9.17) is 21.6 Å². The third kappa shape index (κ3) is 5.93. The molecule has 38 heavy (non-hydrogen) atoms. The number of oxime groups is 1. The van der Waals surface area contributed by atoms with E-state index < -0.39 is 47.8 Å². The molecule has 0 saturated carbocycles. The van der Waals surface area contributed by atoms with Gasteiger partial charge in [0.1, 0.15) is 23.2 Å². The van der Waals surface area contributed by atoms with Gasteiger partial charge in [0.15, 0.2) is 11.2 Å². The molecule has 0 aliphatic carbocycles. The standard InChI is InChI=1S/C21H25N9O6S2/c1-10(15(23)31)30(2,3)7-4-5-11-9-37-19-13(18(33)29(19)14(11)20(34)35)25-17(32)12(27-36-8-6-22)16-26-21(24)38-28-16/h4-5,10,13,19H,7-9H2,1-3H3,(H5-,23,24,25,26,28,31,32,34,35)/p+1/b5-4+,27-12-/t10-,13-,19-/m1/s1. The van der Waals surface area contributed by atoms with Crippen molar-refractivity contribution < 1.29 is 33.6 Å². The maximum absolute atomic E-state index is 13.0. The molecule has 2 aliphatic rings. The number of allylic oxidation sites excluding steroid dienone is 1. The number of carboxylic acid groups (broad SMARTS) is 1. The van der Waals surface area contributed by atoms with Gasteiger partial charge in [0.25, 0.3) is 17.7 Å². The third-order valence-corrected chi connectivity index (χ3v) is 7.84. The minimum atomic E-state index is -1.29. The summed E-state index contributed by atoms with van der Waals surface area (Å²) in [6, 6.07) is 0.194. The Balaban J connectivity index is 1.77. The Labute approximate surface area is 225 Å². The molecule has 0 bridgehead atoms. The van der Waals surface area contributed by atoms with E-state index in [2.05, 4.69) is 19.8 Å². The molecule has 3 rings (SSSR count). The van der Waals surface area contributed by atoms with Gasteiger partial charge in [-0.3, -0.25) is 19.3 Å². The number of aliphatic carboxylic acids is 1. The van der Waals surface area contributed by atoms with Crippen molar-refractivity contribution in [3.8, 4) is 6.07 Å². The summed E-state index contributed by atoms with van der Waals surface area (Å²) in [5.41, 5.74) is 10.8. The van der Waals surface area contributed by atoms with Crippen LogP contribution in [0.2, 0.25) is 0 Å². The number of rotatable bonds is 11. The molecule has 3 amide bonds. The number of aromatic nitrogens is 2. The number of carboxylic acids is 1. The largest absolute Gasteiger partial charge is 0.477 e. The molecule has 1 saturated heterocycles. The first-order valence-electron chi connectivity index (χ1n) is 11.1. The lowest BCUT2D eigenvalue weighted by atomic mass is 10.0. The van der Waals surface area contributed by atoms with Crippen LogP contribution in [0, 0.1) is 11.3 Å². The van der Waals surface area contributed by atoms with Gasteiger partial charge in [0, 0.05) is 17.3 Å². The summed E-state index contributed by atoms with van der Waals surface area (Å²) in [5.74, 6) is -3.11. The fraction of sp³-hybridized carbons (Fsp3) is 0.429. The first-order valence-corrected chi connectivity index (χ1v) is 12.9. The number of nitrogens with one attached hydrogen (secondary N) is 1. The normalized spacial score (nSPS) is 20.4. The summed E-state index contributed by atoms with van der Waals surface area (Å²) in [7, 11) is 3.64. The Morgan fingerprint density at radius 1 is 1.45 bits per heavy atom. The zero-order chi connectivity index (χ0) is 28.2. The Morgan fingerprint density at radius 2 is 2.16 bits per heavy atom. The van der Waals surface area contributed by atoms with Gasteiger partial charge in [-0.25, -0.2) is 4.79 Å². The number of primary amides is 1. The summed E-state index contributed by atoms with van der Waals surface area (Å²) in [5, 5.41) is 24.0. The van der Waals surface area contributed by atoms with Crippen molar-refractivity contribution in [1.29, 1.82) is 5.26 Å². The van der Waals surface area contributed by atoms with Crippen LogP contribution >= 0.6 is 23.3 Å². The van der Waals surface area contributed by atoms with Crippen molar-refractivity contribution in [2.75, 3.05) is 38.7 Å². The van der Waals surface area contributed by atoms with Crippen LogP contribution in [-0.4, -0.2) is 104 Å². The van der Waals surface area contributed by atoms with Gasteiger partial charge in [0.05, 0.1) is 20.6 Å². The maximum Gasteiger partial charge on any atom is 0.352 e. The van der Waals surface area contributed by atoms with Crippen LogP contribution in [0.25, 0.3) is 0 Å². The van der Waals surface area contributed by atoms with Crippen molar-refractivity contribution in [3.05, 3.63) is 29.2 Å². The fourth-order valence-corrected chi connectivity index (χ4v) is 5.34. The highest BCUT2D eigenvalue weighted by Crippen LogP contribution is 2.40. The predicted octanol–water partition coefficient (Wildman–Crippen LogP) is -1.39. The predicted molar refractivity (Wildman–Crippen MR) is 137 cm³/mol. The zero-order valence-electron chi connectivity index (χ0n) is 20.7. The van der Waals surface area contributed by atoms with E-state index in [0.29, 0.717) is 12.1 Å². The number of nitrogens with zero attached hydrogens (tertiary/aromatic N) is 6. The molecule has 0 aromatic carbocycles. The Hall–Kier alpha value is -4.01. The van der Waals surface area contributed by atoms with Crippen LogP contribution < -0.4 is 16.8 Å². The maximum atomic E-state index is 13.0. The lowest BCUT2D eigenvalue weighted by molar-refractivity contribution is -0.898. The van der Waals surface area contributed by atoms with Crippen molar-refractivity contribution >= 4 is 57.8 Å². The van der Waals surface area contributed by atoms with Crippen LogP contribution in [0.15, 0.2) is 28.6 Å². The molecule has 1 aromatic rings. The number of likely N-dealkylation sites (N-methyl/N-ethyl adjacent to an activating group) is 1. The van der Waals surface area contributed by atoms with Crippen molar-refractivity contribution in [1.82, 2.24) is 19.6 Å². The van der Waals surface area contributed by atoms with Crippen LogP contribution in [0.3, 0.4) is 0 Å². The van der Waals surface area contributed by atoms with Gasteiger partial charge in [-0.2, -0.15) is 14.6 Å². The lowest BCUT2D eigenvalue weighted by Gasteiger charge is -2.49. The van der Waals surface area contributed by atoms with Gasteiger partial charge in [-0.05, 0) is 18.6 Å². The highest BCUT2D eigenvalue weighted by Gasteiger charge is 2.54. The highest BCUT2D eigenvalue weighted by molar-refractivity contribution is 8.00. The summed E-state index contributed by atoms with van der Waals surface area (Å²) < 4.78 is 4.17. The summed E-state index contributed by atoms with van der Waals surface area (Å²) in [6.07, 6.45) is 3.36. The molecule has 3 atom stereocenters. The van der Waals surface area contributed by atoms with E-state index in [1.54, 1.807) is 25.1 Å². The first kappa shape index (κ1) is 28.6. The number of carbonyl (C=O) groups excluding carboxylic acids is 3. The van der Waals surface area contributed by atoms with Gasteiger partial charge in [0.2, 0.25) is 18.1 Å². The quantitative estimate of drug-likeness (QED) is 0.0804. The molecule has 6 N–H and O–H groups in total. The number of quaternary nitrogens is 1. The molecule has 15 nitrogen and oxygen atoms in total. The molecule has 2 aliphatic heterocycles. The van der Waals surface area contributed by atoms with Crippen molar-refractivity contribution in [3.63, 3.8) is 0 Å². The monoisotopic (exact) mass is 564 g/mol. The number of hydrogen-bond donors (Lipinski definition) is 4. The number of nitrogens with two attached hydrogens (primary N) is 2. The number of anilines is 1. The number of thioether (sulfide) groups is 1. The smallest absolute Gasteiger partial charge is 0.352 e. The highest BCUT2D eigenvalue weighted by atomic mass is 32.2. The number of hydrogen-bond acceptors (Lipinski definition) is 12. The molecule has 202 valence electrons. The van der Waals surface area contributed by atoms with Crippen LogP contribution in [-0.2, 0) is 24.0 Å². The molecule has 0 unspecified atom stereocenters. The van der Waals surface area contributed by atoms with E-state index >= 15 is 0 Å². The zero-order valence-corrected chi connectivity index (χ0v) is 22.3. The van der Waals surface area contributed by atoms with Crippen LogP contribution in [0.4, 0.5) is 5.13 Å². The van der Waals surface area contributed by atoms with Crippen LogP contribution in [0.5, 0.6) is 0 Å². The van der Waals surface area contributed by atoms with Gasteiger partial charge >= 0.3 is 5.97 Å². The van der Waals surface area contributed by atoms with E-state index in [-0.39, 0.29) is 32.6 Å². The number of carbonyl (C=O) groups is 4. The van der Waals surface area contributed by atoms with Crippen LogP contribution in [0.1, 0.15) is 12.7 Å². The molecule has 0 radical (unpaired) electrons. The van der Waals surface area contributed by atoms with Crippen molar-refractivity contribution in [2.24, 2.45) is 10.9 Å². The van der Waals surface area contributed by atoms with E-state index in [9.17, 15) is 24.3 Å². The summed E-state index contributed by atoms with van der Waals surface area (Å²) in [6.45, 7) is 1.66. The second kappa shape index (κ2) is 11.6. The lowest BCUT2D eigenvalue weighted by Crippen LogP contribution is -2.71. The molecule has 1 fully saturated rings. The van der Waals surface area contributed by atoms with E-state index in [1.165, 1.54) is 11.8 Å². The Kier molecular flexibility index (Phi) is 8.70. The average molecular weight is 565 g/mol. The number of nitrogen functional groups attached to an aromatic ring is 1. The molecule has 1 aromatic heterocycles. The second-order valence-electron chi connectivity index (χ2n) is 8.81. The Bertz CT molecular complexity index is 1280. The number of amides is 3. The van der Waals surface area contributed by atoms with Gasteiger partial charge < -0.3 is 31.2 Å². The SMILES string of the molecule is C[C@H](C(N)=O)[N+](C)(C)C/C=C/C1=C(C(=O)O)N2C(=O)[C@@H](NC(=O)/C(=N\OCC#N)c3nsc(N)n3)[C@H]2SC1. The average Bonchev–Trinajstić information content (AvgIpc) is 3.29. The van der Waals surface area contributed by atoms with Gasteiger partial charge in [-0.1, -0.05) is 11.2 Å². The summed E-state index contributed by atoms with van der Waals surface area (Å²) >= 11 is 2.09. The molecular formula is C21H26N9O6S2+. The number of fused-ring (bicyclic) bond motifs is 1. The van der Waals surface area contributed by atoms with Crippen molar-refractivity contribution in [2.45, 2.75) is 24.4 Å². The van der Waals surface area contributed by atoms with E-state index in [1.807, 2.05) is 14.1 Å². The summed E-state index contributed by atoms with van der Waals surface area (Å²) in [4.78, 5) is 59.3. The molecular weight excluding hydrogens is 538 g/mol. The molecule has 17 heteroatoms.